The van der Waals surface area contributed by atoms with Crippen LogP contribution in [-0.4, -0.2) is 40.7 Å². The second-order valence-corrected chi connectivity index (χ2v) is 7.08. The number of carboxylic acid groups (broad SMARTS) is 1. The average molecular weight is 333 g/mol. The van der Waals surface area contributed by atoms with Crippen LogP contribution < -0.4 is 0 Å². The van der Waals surface area contributed by atoms with Crippen molar-refractivity contribution >= 4 is 23.6 Å². The molecule has 0 bridgehead atoms. The number of piperidine rings is 1. The van der Waals surface area contributed by atoms with Crippen molar-refractivity contribution in [2.45, 2.75) is 31.6 Å². The van der Waals surface area contributed by atoms with Crippen LogP contribution in [0.25, 0.3) is 0 Å². The lowest BCUT2D eigenvalue weighted by Gasteiger charge is -2.31. The van der Waals surface area contributed by atoms with E-state index in [0.29, 0.717) is 25.1 Å². The van der Waals surface area contributed by atoms with Crippen LogP contribution in [0.4, 0.5) is 0 Å². The van der Waals surface area contributed by atoms with Crippen LogP contribution >= 0.6 is 11.8 Å². The zero-order chi connectivity index (χ0) is 16.8. The van der Waals surface area contributed by atoms with Gasteiger partial charge < -0.3 is 10.0 Å². The molecule has 0 radical (unpaired) electrons. The molecule has 1 N–H and O–H groups in total. The zero-order valence-electron chi connectivity index (χ0n) is 13.6. The van der Waals surface area contributed by atoms with E-state index in [9.17, 15) is 14.7 Å². The highest BCUT2D eigenvalue weighted by Crippen LogP contribution is 2.26. The Balaban J connectivity index is 2.12. The van der Waals surface area contributed by atoms with Crippen LogP contribution in [0.2, 0.25) is 0 Å². The summed E-state index contributed by atoms with van der Waals surface area (Å²) in [7, 11) is 0. The molecule has 1 amide bonds. The molecule has 2 rings (SSSR count). The second kappa shape index (κ2) is 8.20. The predicted octanol–water partition coefficient (Wildman–Crippen LogP) is 3.68. The lowest BCUT2D eigenvalue weighted by Crippen LogP contribution is -2.42. The number of carbonyl (C=O) groups is 2. The summed E-state index contributed by atoms with van der Waals surface area (Å²) in [5.74, 6) is -0.493. The number of aliphatic carboxylic acids is 1. The molecule has 23 heavy (non-hydrogen) atoms. The van der Waals surface area contributed by atoms with Crippen molar-refractivity contribution in [1.29, 1.82) is 0 Å². The first-order valence-electron chi connectivity index (χ1n) is 7.86. The summed E-state index contributed by atoms with van der Waals surface area (Å²) >= 11 is 1.63. The number of thioether (sulfide) groups is 1. The number of hydrogen-bond acceptors (Lipinski definition) is 3. The Labute approximate surface area is 141 Å². The maximum absolute atomic E-state index is 12.8. The minimum absolute atomic E-state index is 0.0590. The molecule has 1 fully saturated rings. The third-order valence-electron chi connectivity index (χ3n) is 3.91. The predicted molar refractivity (Wildman–Crippen MR) is 92.9 cm³/mol. The Morgan fingerprint density at radius 1 is 1.35 bits per heavy atom. The molecule has 0 saturated carbocycles. The highest BCUT2D eigenvalue weighted by Gasteiger charge is 2.29. The summed E-state index contributed by atoms with van der Waals surface area (Å²) in [6, 6.07) is 7.57. The highest BCUT2D eigenvalue weighted by molar-refractivity contribution is 7.99. The first-order chi connectivity index (χ1) is 11.0. The Morgan fingerprint density at radius 2 is 2.09 bits per heavy atom. The van der Waals surface area contributed by atoms with E-state index < -0.39 is 11.9 Å². The van der Waals surface area contributed by atoms with E-state index in [4.69, 9.17) is 0 Å². The zero-order valence-corrected chi connectivity index (χ0v) is 14.4. The molecule has 0 aromatic heterocycles. The van der Waals surface area contributed by atoms with E-state index >= 15 is 0 Å². The van der Waals surface area contributed by atoms with Crippen molar-refractivity contribution in [2.24, 2.45) is 5.92 Å². The number of likely N-dealkylation sites (tertiary alicyclic amines) is 1. The number of benzene rings is 1. The quantitative estimate of drug-likeness (QED) is 0.659. The SMILES string of the molecule is CC(C)=CCSc1ccccc1C(=O)N1CCC[C@H](C(=O)O)C1. The molecule has 1 aromatic rings. The van der Waals surface area contributed by atoms with Gasteiger partial charge in [-0.05, 0) is 38.8 Å². The molecule has 1 aliphatic rings. The van der Waals surface area contributed by atoms with Crippen LogP contribution in [0.1, 0.15) is 37.0 Å². The Hall–Kier alpha value is -1.75. The lowest BCUT2D eigenvalue weighted by atomic mass is 9.97. The van der Waals surface area contributed by atoms with Gasteiger partial charge in [0.1, 0.15) is 0 Å². The van der Waals surface area contributed by atoms with Gasteiger partial charge in [-0.25, -0.2) is 0 Å². The van der Waals surface area contributed by atoms with Crippen molar-refractivity contribution in [3.8, 4) is 0 Å². The van der Waals surface area contributed by atoms with E-state index in [1.54, 1.807) is 16.7 Å². The molecule has 1 aliphatic heterocycles. The molecular weight excluding hydrogens is 310 g/mol. The van der Waals surface area contributed by atoms with Crippen LogP contribution in [0.15, 0.2) is 40.8 Å². The third kappa shape index (κ3) is 4.86. The van der Waals surface area contributed by atoms with Crippen LogP contribution in [0.5, 0.6) is 0 Å². The van der Waals surface area contributed by atoms with Gasteiger partial charge in [-0.1, -0.05) is 23.8 Å². The smallest absolute Gasteiger partial charge is 0.308 e. The molecule has 5 heteroatoms. The first kappa shape index (κ1) is 17.6. The number of hydrogen-bond donors (Lipinski definition) is 1. The van der Waals surface area contributed by atoms with Crippen molar-refractivity contribution in [1.82, 2.24) is 4.90 Å². The molecule has 0 spiro atoms. The molecule has 1 atom stereocenters. The number of carboxylic acids is 1. The van der Waals surface area contributed by atoms with E-state index in [2.05, 4.69) is 19.9 Å². The van der Waals surface area contributed by atoms with Crippen molar-refractivity contribution in [3.63, 3.8) is 0 Å². The fourth-order valence-corrected chi connectivity index (χ4v) is 3.68. The van der Waals surface area contributed by atoms with E-state index in [0.717, 1.165) is 17.1 Å². The molecular formula is C18H23NO3S. The number of carbonyl (C=O) groups excluding carboxylic acids is 1. The maximum atomic E-state index is 12.8. The summed E-state index contributed by atoms with van der Waals surface area (Å²) in [5.41, 5.74) is 1.92. The lowest BCUT2D eigenvalue weighted by molar-refractivity contribution is -0.143. The Bertz CT molecular complexity index is 608. The number of rotatable bonds is 5. The van der Waals surface area contributed by atoms with Crippen LogP contribution in [0, 0.1) is 5.92 Å². The number of nitrogens with zero attached hydrogens (tertiary/aromatic N) is 1. The summed E-state index contributed by atoms with van der Waals surface area (Å²) in [6.07, 6.45) is 3.53. The van der Waals surface area contributed by atoms with E-state index in [-0.39, 0.29) is 5.91 Å². The molecule has 1 heterocycles. The number of amides is 1. The van der Waals surface area contributed by atoms with Crippen LogP contribution in [0.3, 0.4) is 0 Å². The number of allylic oxidation sites excluding steroid dienone is 1. The summed E-state index contributed by atoms with van der Waals surface area (Å²) < 4.78 is 0. The van der Waals surface area contributed by atoms with E-state index in [1.807, 2.05) is 24.3 Å². The molecule has 4 nitrogen and oxygen atoms in total. The minimum atomic E-state index is -0.811. The molecule has 1 aromatic carbocycles. The third-order valence-corrected chi connectivity index (χ3v) is 4.91. The summed E-state index contributed by atoms with van der Waals surface area (Å²) in [5, 5.41) is 9.18. The van der Waals surface area contributed by atoms with Crippen molar-refractivity contribution in [3.05, 3.63) is 41.5 Å². The fraction of sp³-hybridized carbons (Fsp3) is 0.444. The van der Waals surface area contributed by atoms with Crippen molar-refractivity contribution in [2.75, 3.05) is 18.8 Å². The maximum Gasteiger partial charge on any atom is 0.308 e. The average Bonchev–Trinajstić information content (AvgIpc) is 2.54. The Kier molecular flexibility index (Phi) is 6.28. The van der Waals surface area contributed by atoms with Crippen LogP contribution in [-0.2, 0) is 4.79 Å². The van der Waals surface area contributed by atoms with Gasteiger partial charge in [0, 0.05) is 23.7 Å². The topological polar surface area (TPSA) is 57.6 Å². The monoisotopic (exact) mass is 333 g/mol. The Morgan fingerprint density at radius 3 is 2.78 bits per heavy atom. The van der Waals surface area contributed by atoms with Gasteiger partial charge in [0.25, 0.3) is 5.91 Å². The second-order valence-electron chi connectivity index (χ2n) is 6.02. The fourth-order valence-electron chi connectivity index (χ4n) is 2.60. The van der Waals surface area contributed by atoms with Crippen molar-refractivity contribution < 1.29 is 14.7 Å². The normalized spacial score (nSPS) is 17.7. The van der Waals surface area contributed by atoms with Gasteiger partial charge >= 0.3 is 5.97 Å². The minimum Gasteiger partial charge on any atom is -0.481 e. The summed E-state index contributed by atoms with van der Waals surface area (Å²) in [6.45, 7) is 5.05. The van der Waals surface area contributed by atoms with Gasteiger partial charge in [-0.15, -0.1) is 11.8 Å². The molecule has 124 valence electrons. The summed E-state index contributed by atoms with van der Waals surface area (Å²) in [4.78, 5) is 26.6. The molecule has 0 unspecified atom stereocenters. The molecule has 1 saturated heterocycles. The standard InChI is InChI=1S/C18H23NO3S/c1-13(2)9-11-23-16-8-4-3-7-15(16)17(20)19-10-5-6-14(12-19)18(21)22/h3-4,7-9,14H,5-6,10-12H2,1-2H3,(H,21,22)/t14-/m0/s1. The van der Waals surface area contributed by atoms with Gasteiger partial charge in [-0.2, -0.15) is 0 Å². The van der Waals surface area contributed by atoms with Gasteiger partial charge in [0.05, 0.1) is 11.5 Å². The highest BCUT2D eigenvalue weighted by atomic mass is 32.2. The van der Waals surface area contributed by atoms with Gasteiger partial charge in [-0.3, -0.25) is 9.59 Å². The molecule has 0 aliphatic carbocycles. The first-order valence-corrected chi connectivity index (χ1v) is 8.85. The van der Waals surface area contributed by atoms with Gasteiger partial charge in [0.2, 0.25) is 0 Å². The largest absolute Gasteiger partial charge is 0.481 e. The van der Waals surface area contributed by atoms with E-state index in [1.165, 1.54) is 5.57 Å². The van der Waals surface area contributed by atoms with Gasteiger partial charge in [0.15, 0.2) is 0 Å².